The van der Waals surface area contributed by atoms with E-state index in [1.54, 1.807) is 24.4 Å². The Balaban J connectivity index is 1.53. The van der Waals surface area contributed by atoms with Crippen LogP contribution in [0.5, 0.6) is 0 Å². The van der Waals surface area contributed by atoms with Gasteiger partial charge in [0.05, 0.1) is 10.7 Å². The molecule has 2 N–H and O–H groups in total. The minimum absolute atomic E-state index is 0.312. The molecule has 0 unspecified atom stereocenters. The molecule has 1 aromatic carbocycles. The summed E-state index contributed by atoms with van der Waals surface area (Å²) in [5.41, 5.74) is 2.39. The number of hydrogen-bond acceptors (Lipinski definition) is 5. The summed E-state index contributed by atoms with van der Waals surface area (Å²) in [6.45, 7) is 0. The monoisotopic (exact) mass is 374 g/mol. The van der Waals surface area contributed by atoms with Crippen LogP contribution < -0.4 is 5.84 Å². The van der Waals surface area contributed by atoms with Crippen molar-refractivity contribution in [2.75, 3.05) is 5.84 Å². The van der Waals surface area contributed by atoms with E-state index in [-0.39, 0.29) is 5.82 Å². The number of halogens is 2. The van der Waals surface area contributed by atoms with Gasteiger partial charge in [-0.05, 0) is 36.4 Å². The lowest BCUT2D eigenvalue weighted by molar-refractivity contribution is 0.628. The van der Waals surface area contributed by atoms with Gasteiger partial charge < -0.3 is 10.2 Å². The normalized spacial score (nSPS) is 11.3. The summed E-state index contributed by atoms with van der Waals surface area (Å²) in [4.78, 5) is 4.52. The Morgan fingerprint density at radius 2 is 1.88 bits per heavy atom. The second-order valence-electron chi connectivity index (χ2n) is 5.32. The fraction of sp³-hybridized carbons (Fsp3) is 0.0625. The first kappa shape index (κ1) is 15.9. The van der Waals surface area contributed by atoms with Crippen LogP contribution in [0.25, 0.3) is 17.0 Å². The highest BCUT2D eigenvalue weighted by atomic mass is 35.5. The Hall–Kier alpha value is -2.58. The molecule has 0 amide bonds. The number of pyridine rings is 1. The Morgan fingerprint density at radius 1 is 1.08 bits per heavy atom. The van der Waals surface area contributed by atoms with Crippen molar-refractivity contribution in [3.8, 4) is 11.4 Å². The Labute approximate surface area is 151 Å². The lowest BCUT2D eigenvalue weighted by Crippen LogP contribution is -2.11. The van der Waals surface area contributed by atoms with Crippen molar-refractivity contribution in [1.82, 2.24) is 24.3 Å². The van der Waals surface area contributed by atoms with Crippen LogP contribution in [0.4, 0.5) is 4.39 Å². The predicted molar refractivity (Wildman–Crippen MR) is 95.3 cm³/mol. The van der Waals surface area contributed by atoms with Crippen molar-refractivity contribution >= 4 is 29.0 Å². The van der Waals surface area contributed by atoms with Crippen LogP contribution in [0.2, 0.25) is 5.02 Å². The third-order valence-corrected chi connectivity index (χ3v) is 4.78. The lowest BCUT2D eigenvalue weighted by Gasteiger charge is -2.03. The smallest absolute Gasteiger partial charge is 0.210 e. The summed E-state index contributed by atoms with van der Waals surface area (Å²) >= 11 is 7.40. The number of benzene rings is 1. The third kappa shape index (κ3) is 3.18. The van der Waals surface area contributed by atoms with E-state index < -0.39 is 0 Å². The summed E-state index contributed by atoms with van der Waals surface area (Å²) in [6, 6.07) is 9.60. The molecule has 0 spiro atoms. The maximum absolute atomic E-state index is 13.0. The van der Waals surface area contributed by atoms with E-state index in [9.17, 15) is 4.39 Å². The maximum atomic E-state index is 13.0. The standard InChI is InChI=1S/C16H12ClFN6S/c17-11-3-6-14-20-13(8-23(14)7-11)9-25-16-22-21-15(24(16)19)10-1-4-12(18)5-2-10/h1-8H,9,19H2. The van der Waals surface area contributed by atoms with Crippen LogP contribution in [0.15, 0.2) is 53.9 Å². The minimum Gasteiger partial charge on any atom is -0.335 e. The fourth-order valence-corrected chi connectivity index (χ4v) is 3.30. The molecule has 9 heteroatoms. The second kappa shape index (κ2) is 6.38. The molecule has 3 aromatic heterocycles. The molecule has 0 fully saturated rings. The minimum atomic E-state index is -0.312. The molecular formula is C16H12ClFN6S. The molecule has 0 aliphatic carbocycles. The highest BCUT2D eigenvalue weighted by molar-refractivity contribution is 7.98. The number of aromatic nitrogens is 5. The Bertz CT molecular complexity index is 1040. The van der Waals surface area contributed by atoms with Crippen molar-refractivity contribution in [2.45, 2.75) is 10.9 Å². The second-order valence-corrected chi connectivity index (χ2v) is 6.70. The first-order chi connectivity index (χ1) is 12.1. The Morgan fingerprint density at radius 3 is 2.68 bits per heavy atom. The van der Waals surface area contributed by atoms with Gasteiger partial charge >= 0.3 is 0 Å². The summed E-state index contributed by atoms with van der Waals surface area (Å²) in [5, 5.41) is 9.38. The van der Waals surface area contributed by atoms with Gasteiger partial charge in [0.25, 0.3) is 0 Å². The quantitative estimate of drug-likeness (QED) is 0.438. The van der Waals surface area contributed by atoms with Gasteiger partial charge in [0.15, 0.2) is 5.82 Å². The van der Waals surface area contributed by atoms with Gasteiger partial charge in [0, 0.05) is 23.7 Å². The van der Waals surface area contributed by atoms with Crippen molar-refractivity contribution < 1.29 is 4.39 Å². The molecule has 126 valence electrons. The largest absolute Gasteiger partial charge is 0.335 e. The first-order valence-corrected chi connectivity index (χ1v) is 8.69. The van der Waals surface area contributed by atoms with Crippen LogP contribution >= 0.6 is 23.4 Å². The number of fused-ring (bicyclic) bond motifs is 1. The number of imidazole rings is 1. The molecule has 0 atom stereocenters. The predicted octanol–water partition coefficient (Wildman–Crippen LogP) is 3.39. The lowest BCUT2D eigenvalue weighted by atomic mass is 10.2. The van der Waals surface area contributed by atoms with E-state index in [1.807, 2.05) is 16.7 Å². The van der Waals surface area contributed by atoms with Crippen molar-refractivity contribution in [2.24, 2.45) is 0 Å². The molecular weight excluding hydrogens is 363 g/mol. The molecule has 0 saturated carbocycles. The van der Waals surface area contributed by atoms with Gasteiger partial charge in [0.2, 0.25) is 5.16 Å². The van der Waals surface area contributed by atoms with Crippen LogP contribution in [0, 0.1) is 5.82 Å². The molecule has 0 aliphatic rings. The number of rotatable bonds is 4. The number of nitrogens with zero attached hydrogens (tertiary/aromatic N) is 5. The van der Waals surface area contributed by atoms with Gasteiger partial charge in [-0.15, -0.1) is 10.2 Å². The highest BCUT2D eigenvalue weighted by Crippen LogP contribution is 2.24. The summed E-state index contributed by atoms with van der Waals surface area (Å²) in [7, 11) is 0. The Kier molecular flexibility index (Phi) is 4.06. The fourth-order valence-electron chi connectivity index (χ4n) is 2.40. The van der Waals surface area contributed by atoms with E-state index in [2.05, 4.69) is 15.2 Å². The van der Waals surface area contributed by atoms with Gasteiger partial charge in [0.1, 0.15) is 11.5 Å². The van der Waals surface area contributed by atoms with Crippen LogP contribution in [0.1, 0.15) is 5.69 Å². The van der Waals surface area contributed by atoms with E-state index in [1.165, 1.54) is 28.6 Å². The number of hydrogen-bond donors (Lipinski definition) is 1. The highest BCUT2D eigenvalue weighted by Gasteiger charge is 2.13. The van der Waals surface area contributed by atoms with Crippen molar-refractivity contribution in [3.63, 3.8) is 0 Å². The zero-order valence-corrected chi connectivity index (χ0v) is 14.4. The van der Waals surface area contributed by atoms with Gasteiger partial charge in [-0.25, -0.2) is 14.1 Å². The van der Waals surface area contributed by atoms with Crippen LogP contribution in [-0.4, -0.2) is 24.3 Å². The summed E-state index contributed by atoms with van der Waals surface area (Å²) < 4.78 is 16.3. The maximum Gasteiger partial charge on any atom is 0.210 e. The van der Waals surface area contributed by atoms with E-state index in [0.717, 1.165) is 11.3 Å². The van der Waals surface area contributed by atoms with Crippen molar-refractivity contribution in [3.05, 3.63) is 65.3 Å². The molecule has 4 aromatic rings. The van der Waals surface area contributed by atoms with Gasteiger partial charge in [-0.3, -0.25) is 0 Å². The number of thioether (sulfide) groups is 1. The number of nitrogen functional groups attached to an aromatic ring is 1. The first-order valence-electron chi connectivity index (χ1n) is 7.32. The summed E-state index contributed by atoms with van der Waals surface area (Å²) in [6.07, 6.45) is 3.71. The van der Waals surface area contributed by atoms with E-state index >= 15 is 0 Å². The molecule has 25 heavy (non-hydrogen) atoms. The molecule has 0 saturated heterocycles. The van der Waals surface area contributed by atoms with Crippen LogP contribution in [-0.2, 0) is 5.75 Å². The molecule has 6 nitrogen and oxygen atoms in total. The van der Waals surface area contributed by atoms with Crippen LogP contribution in [0.3, 0.4) is 0 Å². The third-order valence-electron chi connectivity index (χ3n) is 3.58. The zero-order valence-electron chi connectivity index (χ0n) is 12.8. The molecule has 0 bridgehead atoms. The molecule has 0 radical (unpaired) electrons. The number of nitrogens with two attached hydrogens (primary N) is 1. The average molecular weight is 375 g/mol. The zero-order chi connectivity index (χ0) is 17.4. The average Bonchev–Trinajstić information content (AvgIpc) is 3.16. The van der Waals surface area contributed by atoms with Gasteiger partial charge in [-0.1, -0.05) is 23.4 Å². The molecule has 3 heterocycles. The SMILES string of the molecule is Nn1c(SCc2cn3cc(Cl)ccc3n2)nnc1-c1ccc(F)cc1. The van der Waals surface area contributed by atoms with Crippen molar-refractivity contribution in [1.29, 1.82) is 0 Å². The molecule has 0 aliphatic heterocycles. The summed E-state index contributed by atoms with van der Waals surface area (Å²) in [5.74, 6) is 6.81. The molecule has 4 rings (SSSR count). The topological polar surface area (TPSA) is 74.0 Å². The van der Waals surface area contributed by atoms with E-state index in [4.69, 9.17) is 17.4 Å². The van der Waals surface area contributed by atoms with E-state index in [0.29, 0.717) is 27.3 Å². The van der Waals surface area contributed by atoms with Gasteiger partial charge in [-0.2, -0.15) is 0 Å².